The Morgan fingerprint density at radius 1 is 1.27 bits per heavy atom. The summed E-state index contributed by atoms with van der Waals surface area (Å²) in [5, 5.41) is 2.82. The maximum absolute atomic E-state index is 12.7. The molecule has 0 saturated carbocycles. The summed E-state index contributed by atoms with van der Waals surface area (Å²) in [5.74, 6) is 0.0706. The first-order valence-electron chi connectivity index (χ1n) is 8.20. The van der Waals surface area contributed by atoms with Crippen LogP contribution in [0.1, 0.15) is 32.2 Å². The lowest BCUT2D eigenvalue weighted by Gasteiger charge is -2.17. The van der Waals surface area contributed by atoms with Crippen molar-refractivity contribution < 1.29 is 14.0 Å². The Labute approximate surface area is 149 Å². The summed E-state index contributed by atoms with van der Waals surface area (Å²) in [6.45, 7) is 2.29. The molecule has 0 spiro atoms. The zero-order chi connectivity index (χ0) is 18.1. The molecule has 0 atom stereocenters. The molecule has 7 nitrogen and oxygen atoms in total. The fourth-order valence-electron chi connectivity index (χ4n) is 3.05. The molecule has 0 aliphatic carbocycles. The maximum Gasteiger partial charge on any atom is 0.277 e. The Balaban J connectivity index is 1.54. The van der Waals surface area contributed by atoms with Crippen molar-refractivity contribution >= 4 is 23.2 Å². The van der Waals surface area contributed by atoms with Crippen molar-refractivity contribution in [2.75, 3.05) is 16.8 Å². The Hall–Kier alpha value is -3.48. The molecular weight excluding hydrogens is 332 g/mol. The van der Waals surface area contributed by atoms with Crippen molar-refractivity contribution in [2.45, 2.75) is 13.3 Å². The second-order valence-electron chi connectivity index (χ2n) is 6.00. The van der Waals surface area contributed by atoms with Crippen molar-refractivity contribution in [1.82, 2.24) is 9.97 Å². The quantitative estimate of drug-likeness (QED) is 0.786. The van der Waals surface area contributed by atoms with Gasteiger partial charge in [-0.15, -0.1) is 0 Å². The molecule has 3 aromatic rings. The summed E-state index contributed by atoms with van der Waals surface area (Å²) >= 11 is 0. The van der Waals surface area contributed by atoms with Crippen LogP contribution in [-0.4, -0.2) is 28.3 Å². The first-order chi connectivity index (χ1) is 12.6. The van der Waals surface area contributed by atoms with Gasteiger partial charge in [-0.1, -0.05) is 0 Å². The van der Waals surface area contributed by atoms with Gasteiger partial charge in [-0.05, 0) is 49.2 Å². The standard InChI is InChI=1S/C19H16N4O3/c1-12-17(21-11-26-12)18(24)22-15-4-5-16-13(9-15)6-8-23(16)19(25)14-3-2-7-20-10-14/h2-5,7,9-11H,6,8H2,1H3,(H,22,24). The van der Waals surface area contributed by atoms with Crippen LogP contribution in [0.4, 0.5) is 11.4 Å². The first-order valence-corrected chi connectivity index (χ1v) is 8.20. The minimum absolute atomic E-state index is 0.0770. The molecule has 3 heterocycles. The number of nitrogens with one attached hydrogen (secondary N) is 1. The fourth-order valence-corrected chi connectivity index (χ4v) is 3.05. The number of aromatic nitrogens is 2. The average Bonchev–Trinajstić information content (AvgIpc) is 3.27. The van der Waals surface area contributed by atoms with E-state index in [0.717, 1.165) is 17.7 Å². The molecule has 2 amide bonds. The number of benzene rings is 1. The number of hydrogen-bond acceptors (Lipinski definition) is 5. The van der Waals surface area contributed by atoms with Gasteiger partial charge < -0.3 is 14.6 Å². The molecule has 0 saturated heterocycles. The highest BCUT2D eigenvalue weighted by Gasteiger charge is 2.26. The number of carbonyl (C=O) groups excluding carboxylic acids is 2. The molecule has 1 aromatic carbocycles. The van der Waals surface area contributed by atoms with Crippen LogP contribution in [0.3, 0.4) is 0 Å². The normalized spacial score (nSPS) is 12.7. The van der Waals surface area contributed by atoms with E-state index in [0.29, 0.717) is 23.6 Å². The van der Waals surface area contributed by atoms with E-state index in [1.807, 2.05) is 12.1 Å². The highest BCUT2D eigenvalue weighted by molar-refractivity contribution is 6.07. The molecule has 7 heteroatoms. The predicted octanol–water partition coefficient (Wildman–Crippen LogP) is 2.83. The number of amides is 2. The van der Waals surface area contributed by atoms with Crippen LogP contribution in [0.25, 0.3) is 0 Å². The summed E-state index contributed by atoms with van der Waals surface area (Å²) in [5.41, 5.74) is 3.34. The summed E-state index contributed by atoms with van der Waals surface area (Å²) in [6.07, 6.45) is 5.18. The fraction of sp³-hybridized carbons (Fsp3) is 0.158. The van der Waals surface area contributed by atoms with Gasteiger partial charge in [0.25, 0.3) is 11.8 Å². The molecular formula is C19H16N4O3. The lowest BCUT2D eigenvalue weighted by molar-refractivity contribution is 0.0986. The molecule has 1 N–H and O–H groups in total. The SMILES string of the molecule is Cc1ocnc1C(=O)Nc1ccc2c(c1)CCN2C(=O)c1cccnc1. The second kappa shape index (κ2) is 6.44. The zero-order valence-corrected chi connectivity index (χ0v) is 14.1. The zero-order valence-electron chi connectivity index (χ0n) is 14.1. The van der Waals surface area contributed by atoms with Crippen LogP contribution in [0.2, 0.25) is 0 Å². The molecule has 130 valence electrons. The lowest BCUT2D eigenvalue weighted by Crippen LogP contribution is -2.28. The number of nitrogens with zero attached hydrogens (tertiary/aromatic N) is 3. The number of pyridine rings is 1. The lowest BCUT2D eigenvalue weighted by atomic mass is 10.1. The maximum atomic E-state index is 12.7. The molecule has 1 aliphatic heterocycles. The third-order valence-corrected chi connectivity index (χ3v) is 4.35. The van der Waals surface area contributed by atoms with Gasteiger partial charge in [-0.25, -0.2) is 4.98 Å². The van der Waals surface area contributed by atoms with Crippen LogP contribution in [0, 0.1) is 6.92 Å². The summed E-state index contributed by atoms with van der Waals surface area (Å²) in [6, 6.07) is 9.01. The Morgan fingerprint density at radius 3 is 2.88 bits per heavy atom. The minimum atomic E-state index is -0.322. The third-order valence-electron chi connectivity index (χ3n) is 4.35. The van der Waals surface area contributed by atoms with Gasteiger partial charge >= 0.3 is 0 Å². The number of aryl methyl sites for hydroxylation is 1. The van der Waals surface area contributed by atoms with Gasteiger partial charge in [-0.2, -0.15) is 0 Å². The van der Waals surface area contributed by atoms with Crippen LogP contribution in [0.5, 0.6) is 0 Å². The van der Waals surface area contributed by atoms with E-state index in [4.69, 9.17) is 4.42 Å². The summed E-state index contributed by atoms with van der Waals surface area (Å²) in [4.78, 5) is 34.6. The molecule has 0 bridgehead atoms. The van der Waals surface area contributed by atoms with Gasteiger partial charge in [0, 0.05) is 30.3 Å². The van der Waals surface area contributed by atoms with Crippen molar-refractivity contribution in [3.63, 3.8) is 0 Å². The smallest absolute Gasteiger partial charge is 0.277 e. The van der Waals surface area contributed by atoms with Gasteiger partial charge in [-0.3, -0.25) is 14.6 Å². The second-order valence-corrected chi connectivity index (χ2v) is 6.00. The number of fused-ring (bicyclic) bond motifs is 1. The molecule has 26 heavy (non-hydrogen) atoms. The van der Waals surface area contributed by atoms with E-state index in [9.17, 15) is 9.59 Å². The van der Waals surface area contributed by atoms with E-state index >= 15 is 0 Å². The van der Waals surface area contributed by atoms with Crippen LogP contribution in [0.15, 0.2) is 53.5 Å². The highest BCUT2D eigenvalue weighted by Crippen LogP contribution is 2.31. The van der Waals surface area contributed by atoms with Gasteiger partial charge in [0.2, 0.25) is 0 Å². The molecule has 2 aromatic heterocycles. The van der Waals surface area contributed by atoms with Gasteiger partial charge in [0.1, 0.15) is 5.76 Å². The van der Waals surface area contributed by atoms with Gasteiger partial charge in [0.15, 0.2) is 12.1 Å². The highest BCUT2D eigenvalue weighted by atomic mass is 16.3. The van der Waals surface area contributed by atoms with E-state index in [1.54, 1.807) is 42.4 Å². The number of anilines is 2. The van der Waals surface area contributed by atoms with E-state index < -0.39 is 0 Å². The van der Waals surface area contributed by atoms with Crippen LogP contribution < -0.4 is 10.2 Å². The molecule has 0 fully saturated rings. The summed E-state index contributed by atoms with van der Waals surface area (Å²) < 4.78 is 5.06. The van der Waals surface area contributed by atoms with E-state index in [1.165, 1.54) is 6.39 Å². The van der Waals surface area contributed by atoms with Crippen molar-refractivity contribution in [1.29, 1.82) is 0 Å². The van der Waals surface area contributed by atoms with Gasteiger partial charge in [0.05, 0.1) is 5.56 Å². The van der Waals surface area contributed by atoms with Crippen molar-refractivity contribution in [3.05, 3.63) is 71.7 Å². The van der Waals surface area contributed by atoms with E-state index in [-0.39, 0.29) is 17.5 Å². The number of rotatable bonds is 3. The van der Waals surface area contributed by atoms with E-state index in [2.05, 4.69) is 15.3 Å². The Morgan fingerprint density at radius 2 is 2.15 bits per heavy atom. The summed E-state index contributed by atoms with van der Waals surface area (Å²) in [7, 11) is 0. The Kier molecular flexibility index (Phi) is 3.96. The predicted molar refractivity (Wildman–Crippen MR) is 95.3 cm³/mol. The Bertz CT molecular complexity index is 981. The van der Waals surface area contributed by atoms with Crippen LogP contribution in [-0.2, 0) is 6.42 Å². The monoisotopic (exact) mass is 348 g/mol. The first kappa shape index (κ1) is 16.0. The third kappa shape index (κ3) is 2.83. The van der Waals surface area contributed by atoms with Crippen molar-refractivity contribution in [3.8, 4) is 0 Å². The van der Waals surface area contributed by atoms with Crippen molar-refractivity contribution in [2.24, 2.45) is 0 Å². The topological polar surface area (TPSA) is 88.3 Å². The van der Waals surface area contributed by atoms with Crippen LogP contribution >= 0.6 is 0 Å². The number of carbonyl (C=O) groups is 2. The number of oxazole rings is 1. The largest absolute Gasteiger partial charge is 0.448 e. The molecule has 0 radical (unpaired) electrons. The number of hydrogen-bond donors (Lipinski definition) is 1. The molecule has 1 aliphatic rings. The minimum Gasteiger partial charge on any atom is -0.448 e. The molecule has 0 unspecified atom stereocenters. The molecule has 4 rings (SSSR count). The average molecular weight is 348 g/mol.